The zero-order chi connectivity index (χ0) is 24.0. The number of benzene rings is 2. The van der Waals surface area contributed by atoms with Gasteiger partial charge in [0.25, 0.3) is 0 Å². The van der Waals surface area contributed by atoms with E-state index in [-0.39, 0.29) is 12.4 Å². The molecule has 0 aliphatic carbocycles. The molecule has 4 aromatic rings. The van der Waals surface area contributed by atoms with E-state index in [2.05, 4.69) is 15.3 Å². The van der Waals surface area contributed by atoms with Gasteiger partial charge in [-0.3, -0.25) is 0 Å². The molecule has 0 saturated carbocycles. The Labute approximate surface area is 205 Å². The normalized spacial score (nSPS) is 10.7. The Morgan fingerprint density at radius 2 is 1.38 bits per heavy atom. The summed E-state index contributed by atoms with van der Waals surface area (Å²) in [5.41, 5.74) is 18.6. The predicted octanol–water partition coefficient (Wildman–Crippen LogP) is 4.54. The maximum absolute atomic E-state index is 11.6. The number of nitrogens with zero attached hydrogens (tertiary/aromatic N) is 2. The van der Waals surface area contributed by atoms with Gasteiger partial charge in [-0.1, -0.05) is 24.3 Å². The zero-order valence-corrected chi connectivity index (χ0v) is 20.4. The van der Waals surface area contributed by atoms with E-state index in [0.717, 1.165) is 32.7 Å². The lowest BCUT2D eigenvalue weighted by Gasteiger charge is -2.19. The van der Waals surface area contributed by atoms with E-state index in [1.807, 2.05) is 69.3 Å². The number of anilines is 2. The SMILES string of the molecule is CC(C)(C)OC(=O)NCc1ccc2c(N)nccc2c1.Cl.NCc1ccc2c(N)nccc2c1. The molecule has 9 heteroatoms. The summed E-state index contributed by atoms with van der Waals surface area (Å²) >= 11 is 0. The van der Waals surface area contributed by atoms with Crippen LogP contribution in [0.25, 0.3) is 21.5 Å². The first-order chi connectivity index (χ1) is 15.7. The number of hydrogen-bond acceptors (Lipinski definition) is 7. The summed E-state index contributed by atoms with van der Waals surface area (Å²) in [5, 5.41) is 6.72. The molecule has 2 aromatic heterocycles. The number of pyridine rings is 2. The molecule has 2 aromatic carbocycles. The van der Waals surface area contributed by atoms with Crippen LogP contribution in [0.5, 0.6) is 0 Å². The van der Waals surface area contributed by atoms with Gasteiger partial charge in [0, 0.05) is 36.3 Å². The van der Waals surface area contributed by atoms with Crippen molar-refractivity contribution in [2.75, 3.05) is 11.5 Å². The molecule has 0 spiro atoms. The van der Waals surface area contributed by atoms with Crippen LogP contribution >= 0.6 is 12.4 Å². The molecule has 4 rings (SSSR count). The first-order valence-electron chi connectivity index (χ1n) is 10.6. The number of carbonyl (C=O) groups excluding carboxylic acids is 1. The minimum atomic E-state index is -0.492. The van der Waals surface area contributed by atoms with Crippen molar-refractivity contribution in [1.29, 1.82) is 0 Å². The largest absolute Gasteiger partial charge is 0.444 e. The van der Waals surface area contributed by atoms with Gasteiger partial charge in [-0.15, -0.1) is 12.4 Å². The Balaban J connectivity index is 0.000000253. The van der Waals surface area contributed by atoms with Gasteiger partial charge in [-0.05, 0) is 66.9 Å². The molecule has 1 amide bonds. The Hall–Kier alpha value is -3.62. The predicted molar refractivity (Wildman–Crippen MR) is 141 cm³/mol. The van der Waals surface area contributed by atoms with Crippen molar-refractivity contribution < 1.29 is 9.53 Å². The topological polar surface area (TPSA) is 142 Å². The number of ether oxygens (including phenoxy) is 1. The molecule has 0 aliphatic rings. The summed E-state index contributed by atoms with van der Waals surface area (Å²) in [7, 11) is 0. The van der Waals surface area contributed by atoms with Crippen LogP contribution in [0.3, 0.4) is 0 Å². The third kappa shape index (κ3) is 7.19. The van der Waals surface area contributed by atoms with Gasteiger partial charge in [0.1, 0.15) is 17.2 Å². The highest BCUT2D eigenvalue weighted by Gasteiger charge is 2.15. The minimum absolute atomic E-state index is 0. The Morgan fingerprint density at radius 1 is 0.882 bits per heavy atom. The van der Waals surface area contributed by atoms with E-state index >= 15 is 0 Å². The summed E-state index contributed by atoms with van der Waals surface area (Å²) < 4.78 is 5.19. The average molecular weight is 483 g/mol. The average Bonchev–Trinajstić information content (AvgIpc) is 2.77. The molecule has 180 valence electrons. The van der Waals surface area contributed by atoms with Gasteiger partial charge in [-0.25, -0.2) is 14.8 Å². The van der Waals surface area contributed by atoms with Crippen LogP contribution < -0.4 is 22.5 Å². The monoisotopic (exact) mass is 482 g/mol. The summed E-state index contributed by atoms with van der Waals surface area (Å²) in [6, 6.07) is 15.6. The molecule has 7 N–H and O–H groups in total. The number of rotatable bonds is 3. The van der Waals surface area contributed by atoms with E-state index in [4.69, 9.17) is 21.9 Å². The standard InChI is InChI=1S/C15H19N3O2.C10H11N3.ClH/c1-15(2,3)20-14(19)18-9-10-4-5-12-11(8-10)6-7-17-13(12)16;11-6-7-1-2-9-8(5-7)3-4-13-10(9)12;/h4-8H,9H2,1-3H3,(H2,16,17)(H,18,19);1-5H,6,11H2,(H2,12,13);1H. The van der Waals surface area contributed by atoms with Crippen LogP contribution in [0.15, 0.2) is 60.9 Å². The second kappa shape index (κ2) is 11.5. The highest BCUT2D eigenvalue weighted by molar-refractivity contribution is 5.91. The number of nitrogen functional groups attached to an aromatic ring is 2. The van der Waals surface area contributed by atoms with E-state index in [0.29, 0.717) is 24.7 Å². The number of nitrogens with two attached hydrogens (primary N) is 3. The molecular weight excluding hydrogens is 452 g/mol. The second-order valence-corrected chi connectivity index (χ2v) is 8.56. The fraction of sp³-hybridized carbons (Fsp3) is 0.240. The summed E-state index contributed by atoms with van der Waals surface area (Å²) in [5.74, 6) is 1.08. The Morgan fingerprint density at radius 3 is 1.88 bits per heavy atom. The lowest BCUT2D eigenvalue weighted by atomic mass is 10.1. The maximum atomic E-state index is 11.6. The molecule has 8 nitrogen and oxygen atoms in total. The Bertz CT molecular complexity index is 1270. The Kier molecular flexibility index (Phi) is 9.00. The van der Waals surface area contributed by atoms with Crippen LogP contribution in [0, 0.1) is 0 Å². The molecule has 0 bridgehead atoms. The van der Waals surface area contributed by atoms with E-state index in [1.54, 1.807) is 12.4 Å². The first kappa shape index (κ1) is 26.6. The molecule has 0 unspecified atom stereocenters. The summed E-state index contributed by atoms with van der Waals surface area (Å²) in [6.07, 6.45) is 2.95. The van der Waals surface area contributed by atoms with Gasteiger partial charge in [0.15, 0.2) is 0 Å². The van der Waals surface area contributed by atoms with Gasteiger partial charge in [0.2, 0.25) is 0 Å². The van der Waals surface area contributed by atoms with Gasteiger partial charge in [-0.2, -0.15) is 0 Å². The van der Waals surface area contributed by atoms with Crippen LogP contribution in [0.2, 0.25) is 0 Å². The van der Waals surface area contributed by atoms with Gasteiger partial charge >= 0.3 is 6.09 Å². The van der Waals surface area contributed by atoms with Crippen molar-refractivity contribution in [2.45, 2.75) is 39.5 Å². The van der Waals surface area contributed by atoms with Crippen LogP contribution in [-0.2, 0) is 17.8 Å². The molecule has 0 fully saturated rings. The lowest BCUT2D eigenvalue weighted by molar-refractivity contribution is 0.0523. The molecule has 2 heterocycles. The van der Waals surface area contributed by atoms with Crippen molar-refractivity contribution in [3.8, 4) is 0 Å². The quantitative estimate of drug-likeness (QED) is 0.335. The van der Waals surface area contributed by atoms with Crippen LogP contribution in [0.1, 0.15) is 31.9 Å². The summed E-state index contributed by atoms with van der Waals surface area (Å²) in [6.45, 7) is 6.46. The van der Waals surface area contributed by atoms with E-state index in [1.165, 1.54) is 0 Å². The van der Waals surface area contributed by atoms with Crippen molar-refractivity contribution in [1.82, 2.24) is 15.3 Å². The third-order valence-corrected chi connectivity index (χ3v) is 4.79. The van der Waals surface area contributed by atoms with Crippen LogP contribution in [-0.4, -0.2) is 21.7 Å². The van der Waals surface area contributed by atoms with Gasteiger partial charge in [0.05, 0.1) is 0 Å². The number of aromatic nitrogens is 2. The molecule has 0 atom stereocenters. The smallest absolute Gasteiger partial charge is 0.407 e. The van der Waals surface area contributed by atoms with E-state index in [9.17, 15) is 4.79 Å². The molecule has 34 heavy (non-hydrogen) atoms. The van der Waals surface area contributed by atoms with E-state index < -0.39 is 11.7 Å². The number of fused-ring (bicyclic) bond motifs is 2. The second-order valence-electron chi connectivity index (χ2n) is 8.56. The van der Waals surface area contributed by atoms with Crippen molar-refractivity contribution >= 4 is 51.7 Å². The molecule has 0 saturated heterocycles. The van der Waals surface area contributed by atoms with Gasteiger partial charge < -0.3 is 27.3 Å². The lowest BCUT2D eigenvalue weighted by Crippen LogP contribution is -2.32. The zero-order valence-electron chi connectivity index (χ0n) is 19.5. The minimum Gasteiger partial charge on any atom is -0.444 e. The fourth-order valence-corrected chi connectivity index (χ4v) is 3.23. The van der Waals surface area contributed by atoms with Crippen molar-refractivity contribution in [3.05, 3.63) is 72.1 Å². The number of amides is 1. The van der Waals surface area contributed by atoms with Crippen LogP contribution in [0.4, 0.5) is 16.4 Å². The third-order valence-electron chi connectivity index (χ3n) is 4.79. The number of nitrogens with one attached hydrogen (secondary N) is 1. The molecular formula is C25H31ClN6O2. The highest BCUT2D eigenvalue weighted by Crippen LogP contribution is 2.20. The fourth-order valence-electron chi connectivity index (χ4n) is 3.23. The van der Waals surface area contributed by atoms with Crippen molar-refractivity contribution in [3.63, 3.8) is 0 Å². The summed E-state index contributed by atoms with van der Waals surface area (Å²) in [4.78, 5) is 19.6. The molecule has 0 aliphatic heterocycles. The highest BCUT2D eigenvalue weighted by atomic mass is 35.5. The number of carbonyl (C=O) groups is 1. The number of halogens is 1. The van der Waals surface area contributed by atoms with Crippen molar-refractivity contribution in [2.24, 2.45) is 5.73 Å². The first-order valence-corrected chi connectivity index (χ1v) is 10.6. The molecule has 0 radical (unpaired) electrons. The number of alkyl carbamates (subject to hydrolysis) is 1. The number of hydrogen-bond donors (Lipinski definition) is 4. The maximum Gasteiger partial charge on any atom is 0.407 e.